The van der Waals surface area contributed by atoms with Crippen LogP contribution >= 0.6 is 0 Å². The summed E-state index contributed by atoms with van der Waals surface area (Å²) in [5.74, 6) is -0.553. The molecule has 0 atom stereocenters. The van der Waals surface area contributed by atoms with Gasteiger partial charge in [-0.3, -0.25) is 0 Å². The van der Waals surface area contributed by atoms with Crippen LogP contribution in [0, 0.1) is 11.3 Å². The molecule has 0 aliphatic carbocycles. The lowest BCUT2D eigenvalue weighted by molar-refractivity contribution is -0.904. The molecule has 6 nitrogen and oxygen atoms in total. The fourth-order valence-corrected chi connectivity index (χ4v) is 2.85. The van der Waals surface area contributed by atoms with E-state index < -0.39 is 11.5 Å². The van der Waals surface area contributed by atoms with E-state index in [0.29, 0.717) is 23.7 Å². The van der Waals surface area contributed by atoms with Crippen LogP contribution in [0.3, 0.4) is 0 Å². The zero-order valence-electron chi connectivity index (χ0n) is 13.8. The number of piperidine rings is 1. The van der Waals surface area contributed by atoms with E-state index in [1.807, 2.05) is 0 Å². The first-order valence-corrected chi connectivity index (χ1v) is 8.12. The Balaban J connectivity index is 2.14. The van der Waals surface area contributed by atoms with Gasteiger partial charge < -0.3 is 24.3 Å². The van der Waals surface area contributed by atoms with Crippen LogP contribution in [-0.4, -0.2) is 39.3 Å². The molecule has 1 N–H and O–H groups in total. The molecule has 128 valence electrons. The fourth-order valence-electron chi connectivity index (χ4n) is 2.85. The molecule has 6 heteroatoms. The topological polar surface area (TPSA) is 86.8 Å². The lowest BCUT2D eigenvalue weighted by atomic mass is 10.1. The van der Waals surface area contributed by atoms with Crippen molar-refractivity contribution in [3.05, 3.63) is 29.3 Å². The maximum absolute atomic E-state index is 10.9. The lowest BCUT2D eigenvalue weighted by Crippen LogP contribution is -3.13. The number of carboxylic acid groups (broad SMARTS) is 1. The van der Waals surface area contributed by atoms with E-state index in [1.165, 1.54) is 37.3 Å². The number of nitriles is 1. The van der Waals surface area contributed by atoms with Crippen LogP contribution in [-0.2, 0) is 4.79 Å². The summed E-state index contributed by atoms with van der Waals surface area (Å²) in [6.07, 6.45) is 5.04. The van der Waals surface area contributed by atoms with Gasteiger partial charge in [0.15, 0.2) is 11.5 Å². The smallest absolute Gasteiger partial charge is 0.168 e. The van der Waals surface area contributed by atoms with Gasteiger partial charge >= 0.3 is 0 Å². The van der Waals surface area contributed by atoms with E-state index >= 15 is 0 Å². The maximum atomic E-state index is 10.9. The van der Waals surface area contributed by atoms with E-state index in [9.17, 15) is 9.90 Å². The van der Waals surface area contributed by atoms with Crippen LogP contribution in [0.25, 0.3) is 6.08 Å². The monoisotopic (exact) mass is 330 g/mol. The quantitative estimate of drug-likeness (QED) is 0.553. The Kier molecular flexibility index (Phi) is 6.64. The summed E-state index contributed by atoms with van der Waals surface area (Å²) in [4.78, 5) is 12.5. The third-order valence-electron chi connectivity index (χ3n) is 4.13. The number of para-hydroxylation sites is 1. The van der Waals surface area contributed by atoms with Gasteiger partial charge in [-0.2, -0.15) is 5.26 Å². The van der Waals surface area contributed by atoms with Gasteiger partial charge in [-0.05, 0) is 31.4 Å². The van der Waals surface area contributed by atoms with Gasteiger partial charge in [-0.1, -0.05) is 12.1 Å². The number of likely N-dealkylation sites (tertiary alicyclic amines) is 1. The molecule has 1 heterocycles. The number of benzene rings is 1. The standard InChI is InChI=1S/C18H22N2O4/c1-23-16-7-5-6-14(12-15(13-19)18(21)22)17(16)24-11-10-20-8-3-2-4-9-20/h5-7,12H,2-4,8-11H2,1H3,(H,21,22)/b15-12-. The highest BCUT2D eigenvalue weighted by molar-refractivity contribution is 5.95. The molecule has 0 bridgehead atoms. The Hall–Kier alpha value is -2.52. The van der Waals surface area contributed by atoms with Gasteiger partial charge in [-0.25, -0.2) is 0 Å². The minimum absolute atomic E-state index is 0.449. The van der Waals surface area contributed by atoms with E-state index in [-0.39, 0.29) is 0 Å². The second kappa shape index (κ2) is 8.94. The summed E-state index contributed by atoms with van der Waals surface area (Å²) in [5.41, 5.74) is 0.0403. The van der Waals surface area contributed by atoms with Gasteiger partial charge in [-0.15, -0.1) is 0 Å². The Morgan fingerprint density at radius 3 is 2.75 bits per heavy atom. The number of rotatable bonds is 7. The molecule has 0 spiro atoms. The number of carboxylic acids is 1. The molecule has 2 rings (SSSR count). The zero-order valence-corrected chi connectivity index (χ0v) is 13.8. The number of methoxy groups -OCH3 is 1. The first kappa shape index (κ1) is 17.8. The largest absolute Gasteiger partial charge is 0.544 e. The van der Waals surface area contributed by atoms with Crippen molar-refractivity contribution in [2.24, 2.45) is 0 Å². The van der Waals surface area contributed by atoms with E-state index in [2.05, 4.69) is 0 Å². The van der Waals surface area contributed by atoms with E-state index in [0.717, 1.165) is 19.6 Å². The predicted molar refractivity (Wildman–Crippen MR) is 86.5 cm³/mol. The number of hydrogen-bond acceptors (Lipinski definition) is 5. The molecule has 1 aromatic rings. The minimum atomic E-state index is -1.51. The van der Waals surface area contributed by atoms with Crippen molar-refractivity contribution in [1.29, 1.82) is 5.26 Å². The Morgan fingerprint density at radius 2 is 2.12 bits per heavy atom. The number of quaternary nitrogens is 1. The van der Waals surface area contributed by atoms with Crippen LogP contribution in [0.15, 0.2) is 23.8 Å². The van der Waals surface area contributed by atoms with Crippen LogP contribution in [0.1, 0.15) is 24.8 Å². The minimum Gasteiger partial charge on any atom is -0.544 e. The molecule has 0 aromatic heterocycles. The zero-order chi connectivity index (χ0) is 17.4. The van der Waals surface area contributed by atoms with Gasteiger partial charge in [0.2, 0.25) is 0 Å². The van der Waals surface area contributed by atoms with Crippen molar-refractivity contribution in [3.8, 4) is 17.6 Å². The summed E-state index contributed by atoms with van der Waals surface area (Å²) in [7, 11) is 1.52. The third-order valence-corrected chi connectivity index (χ3v) is 4.13. The Morgan fingerprint density at radius 1 is 1.38 bits per heavy atom. The van der Waals surface area contributed by atoms with Crippen LogP contribution in [0.5, 0.6) is 11.5 Å². The summed E-state index contributed by atoms with van der Waals surface area (Å²) in [6, 6.07) is 6.77. The summed E-state index contributed by atoms with van der Waals surface area (Å²) in [5, 5.41) is 19.9. The average molecular weight is 330 g/mol. The average Bonchev–Trinajstić information content (AvgIpc) is 2.61. The first-order valence-electron chi connectivity index (χ1n) is 8.12. The molecule has 1 saturated heterocycles. The fraction of sp³-hybridized carbons (Fsp3) is 0.444. The molecule has 1 aromatic carbocycles. The molecule has 0 radical (unpaired) electrons. The number of nitrogens with zero attached hydrogens (tertiary/aromatic N) is 1. The molecule has 24 heavy (non-hydrogen) atoms. The van der Waals surface area contributed by atoms with Crippen molar-refractivity contribution in [3.63, 3.8) is 0 Å². The first-order chi connectivity index (χ1) is 11.7. The number of nitrogens with one attached hydrogen (secondary N) is 1. The molecular weight excluding hydrogens is 308 g/mol. The number of carbonyl (C=O) groups excluding carboxylic acids is 1. The number of ether oxygens (including phenoxy) is 2. The van der Waals surface area contributed by atoms with Crippen LogP contribution in [0.2, 0.25) is 0 Å². The molecule has 1 aliphatic rings. The molecule has 0 amide bonds. The van der Waals surface area contributed by atoms with Crippen molar-refractivity contribution in [1.82, 2.24) is 0 Å². The number of aliphatic carboxylic acids is 1. The van der Waals surface area contributed by atoms with Gasteiger partial charge in [0.1, 0.15) is 19.2 Å². The summed E-state index contributed by atoms with van der Waals surface area (Å²) < 4.78 is 11.2. The second-order valence-corrected chi connectivity index (χ2v) is 5.75. The SMILES string of the molecule is COc1cccc(/C=C(/C#N)C(=O)[O-])c1OCC[NH+]1CCCCC1. The highest BCUT2D eigenvalue weighted by Gasteiger charge is 2.15. The highest BCUT2D eigenvalue weighted by Crippen LogP contribution is 2.32. The number of hydrogen-bond donors (Lipinski definition) is 1. The number of carbonyl (C=O) groups is 1. The summed E-state index contributed by atoms with van der Waals surface area (Å²) in [6.45, 7) is 3.70. The van der Waals surface area contributed by atoms with Gasteiger partial charge in [0.25, 0.3) is 0 Å². The van der Waals surface area contributed by atoms with Crippen molar-refractivity contribution in [2.45, 2.75) is 19.3 Å². The molecule has 0 saturated carbocycles. The van der Waals surface area contributed by atoms with E-state index in [1.54, 1.807) is 24.3 Å². The van der Waals surface area contributed by atoms with Crippen LogP contribution < -0.4 is 19.5 Å². The van der Waals surface area contributed by atoms with E-state index in [4.69, 9.17) is 14.7 Å². The molecule has 1 aliphatic heterocycles. The second-order valence-electron chi connectivity index (χ2n) is 5.75. The normalized spacial score (nSPS) is 15.6. The predicted octanol–water partition coefficient (Wildman–Crippen LogP) is -0.200. The molecule has 1 fully saturated rings. The van der Waals surface area contributed by atoms with Crippen molar-refractivity contribution >= 4 is 12.0 Å². The Labute approximate surface area is 141 Å². The molecule has 0 unspecified atom stereocenters. The summed E-state index contributed by atoms with van der Waals surface area (Å²) >= 11 is 0. The van der Waals surface area contributed by atoms with Gasteiger partial charge in [0, 0.05) is 5.56 Å². The van der Waals surface area contributed by atoms with Gasteiger partial charge in [0.05, 0.1) is 31.7 Å². The van der Waals surface area contributed by atoms with Crippen molar-refractivity contribution < 1.29 is 24.3 Å². The van der Waals surface area contributed by atoms with Crippen LogP contribution in [0.4, 0.5) is 0 Å². The van der Waals surface area contributed by atoms with Crippen molar-refractivity contribution in [2.75, 3.05) is 33.4 Å². The lowest BCUT2D eigenvalue weighted by Gasteiger charge is -2.23. The maximum Gasteiger partial charge on any atom is 0.168 e. The third kappa shape index (κ3) is 4.74. The molecular formula is C18H22N2O4. The highest BCUT2D eigenvalue weighted by atomic mass is 16.5. The Bertz CT molecular complexity index is 643.